The summed E-state index contributed by atoms with van der Waals surface area (Å²) in [6.45, 7) is 2.09. The molecule has 0 spiro atoms. The zero-order valence-corrected chi connectivity index (χ0v) is 12.2. The molecule has 0 unspecified atom stereocenters. The molecule has 4 heteroatoms. The van der Waals surface area contributed by atoms with Crippen molar-refractivity contribution in [2.24, 2.45) is 5.10 Å². The van der Waals surface area contributed by atoms with Crippen molar-refractivity contribution in [2.45, 2.75) is 26.2 Å². The van der Waals surface area contributed by atoms with E-state index in [9.17, 15) is 0 Å². The lowest BCUT2D eigenvalue weighted by Gasteiger charge is -2.17. The van der Waals surface area contributed by atoms with Crippen molar-refractivity contribution >= 4 is 28.9 Å². The van der Waals surface area contributed by atoms with Crippen LogP contribution in [0.2, 0.25) is 5.02 Å². The van der Waals surface area contributed by atoms with Gasteiger partial charge in [0.2, 0.25) is 0 Å². The lowest BCUT2D eigenvalue weighted by atomic mass is 10.1. The molecule has 1 aromatic carbocycles. The molecule has 0 fully saturated rings. The van der Waals surface area contributed by atoms with Gasteiger partial charge in [0, 0.05) is 23.9 Å². The SMILES string of the molecule is CCCC#CN1N=C(c2ccc(Cl)cc2)CC=C1Cl. The predicted molar refractivity (Wildman–Crippen MR) is 81.1 cm³/mol. The molecule has 0 N–H and O–H groups in total. The summed E-state index contributed by atoms with van der Waals surface area (Å²) in [5.74, 6) is 3.04. The normalized spacial score (nSPS) is 14.4. The topological polar surface area (TPSA) is 15.6 Å². The smallest absolute Gasteiger partial charge is 0.137 e. The third-order valence-corrected chi connectivity index (χ3v) is 3.19. The average molecular weight is 293 g/mol. The summed E-state index contributed by atoms with van der Waals surface area (Å²) in [7, 11) is 0. The van der Waals surface area contributed by atoms with E-state index in [0.29, 0.717) is 16.6 Å². The number of nitrogens with zero attached hydrogens (tertiary/aromatic N) is 2. The second-order valence-electron chi connectivity index (χ2n) is 4.13. The first-order valence-electron chi connectivity index (χ1n) is 6.18. The molecule has 98 valence electrons. The molecule has 0 saturated carbocycles. The van der Waals surface area contributed by atoms with E-state index < -0.39 is 0 Å². The first kappa shape index (κ1) is 14.0. The van der Waals surface area contributed by atoms with Crippen LogP contribution in [0.25, 0.3) is 0 Å². The van der Waals surface area contributed by atoms with E-state index in [0.717, 1.165) is 24.1 Å². The van der Waals surface area contributed by atoms with Gasteiger partial charge in [0.1, 0.15) is 5.16 Å². The standard InChI is InChI=1S/C15H14Cl2N2/c1-2-3-4-11-19-15(17)10-9-14(18-19)12-5-7-13(16)8-6-12/h5-8,10H,2-3,9H2,1H3. The predicted octanol–water partition coefficient (Wildman–Crippen LogP) is 4.59. The summed E-state index contributed by atoms with van der Waals surface area (Å²) in [6, 6.07) is 10.6. The lowest BCUT2D eigenvalue weighted by molar-refractivity contribution is 0.548. The van der Waals surface area contributed by atoms with Crippen LogP contribution in [0.5, 0.6) is 0 Å². The number of hydrazone groups is 1. The number of benzene rings is 1. The molecule has 0 aliphatic carbocycles. The van der Waals surface area contributed by atoms with Crippen LogP contribution >= 0.6 is 23.2 Å². The van der Waals surface area contributed by atoms with E-state index in [4.69, 9.17) is 23.2 Å². The van der Waals surface area contributed by atoms with Gasteiger partial charge >= 0.3 is 0 Å². The fraction of sp³-hybridized carbons (Fsp3) is 0.267. The number of hydrogen-bond acceptors (Lipinski definition) is 2. The molecule has 0 aromatic heterocycles. The maximum Gasteiger partial charge on any atom is 0.137 e. The number of rotatable bonds is 2. The summed E-state index contributed by atoms with van der Waals surface area (Å²) in [5.41, 5.74) is 1.97. The van der Waals surface area contributed by atoms with E-state index in [1.54, 1.807) is 0 Å². The quantitative estimate of drug-likeness (QED) is 0.575. The van der Waals surface area contributed by atoms with E-state index >= 15 is 0 Å². The zero-order valence-electron chi connectivity index (χ0n) is 10.7. The van der Waals surface area contributed by atoms with Crippen molar-refractivity contribution in [3.8, 4) is 12.0 Å². The molecule has 1 aliphatic rings. The van der Waals surface area contributed by atoms with Crippen molar-refractivity contribution in [3.05, 3.63) is 46.1 Å². The Bertz CT molecular complexity index is 562. The van der Waals surface area contributed by atoms with Crippen LogP contribution in [-0.2, 0) is 0 Å². The summed E-state index contributed by atoms with van der Waals surface area (Å²) in [5, 5.41) is 7.27. The molecule has 0 saturated heterocycles. The van der Waals surface area contributed by atoms with Crippen LogP contribution in [0.3, 0.4) is 0 Å². The van der Waals surface area contributed by atoms with E-state index in [1.807, 2.05) is 30.3 Å². The van der Waals surface area contributed by atoms with Crippen LogP contribution in [0.1, 0.15) is 31.7 Å². The molecular formula is C15H14Cl2N2. The first-order chi connectivity index (χ1) is 9.20. The third-order valence-electron chi connectivity index (χ3n) is 2.62. The second kappa shape index (κ2) is 6.65. The van der Waals surface area contributed by atoms with Crippen LogP contribution in [0, 0.1) is 12.0 Å². The van der Waals surface area contributed by atoms with Crippen molar-refractivity contribution in [2.75, 3.05) is 0 Å². The molecule has 2 nitrogen and oxygen atoms in total. The molecule has 1 heterocycles. The van der Waals surface area contributed by atoms with Gasteiger partial charge in [0.15, 0.2) is 0 Å². The Hall–Kier alpha value is -1.43. The van der Waals surface area contributed by atoms with Gasteiger partial charge < -0.3 is 0 Å². The molecule has 0 atom stereocenters. The molecule has 0 bridgehead atoms. The Balaban J connectivity index is 2.21. The van der Waals surface area contributed by atoms with Crippen molar-refractivity contribution in [1.29, 1.82) is 0 Å². The maximum absolute atomic E-state index is 6.10. The van der Waals surface area contributed by atoms with Crippen LogP contribution in [-0.4, -0.2) is 10.7 Å². The van der Waals surface area contributed by atoms with E-state index in [2.05, 4.69) is 24.0 Å². The number of hydrogen-bond donors (Lipinski definition) is 0. The Kier molecular flexibility index (Phi) is 4.90. The minimum Gasteiger partial charge on any atom is -0.178 e. The van der Waals surface area contributed by atoms with Crippen molar-refractivity contribution in [1.82, 2.24) is 5.01 Å². The Morgan fingerprint density at radius 1 is 1.26 bits per heavy atom. The maximum atomic E-state index is 6.10. The van der Waals surface area contributed by atoms with Crippen molar-refractivity contribution < 1.29 is 0 Å². The van der Waals surface area contributed by atoms with Gasteiger partial charge in [-0.25, -0.2) is 0 Å². The van der Waals surface area contributed by atoms with E-state index in [-0.39, 0.29) is 0 Å². The summed E-state index contributed by atoms with van der Waals surface area (Å²) in [6.07, 6.45) is 4.48. The molecule has 2 rings (SSSR count). The lowest BCUT2D eigenvalue weighted by Crippen LogP contribution is -2.16. The fourth-order valence-electron chi connectivity index (χ4n) is 1.63. The van der Waals surface area contributed by atoms with Gasteiger partial charge in [-0.2, -0.15) is 10.1 Å². The molecule has 19 heavy (non-hydrogen) atoms. The Morgan fingerprint density at radius 3 is 2.68 bits per heavy atom. The van der Waals surface area contributed by atoms with Gasteiger partial charge in [-0.15, -0.1) is 0 Å². The number of allylic oxidation sites excluding steroid dienone is 1. The first-order valence-corrected chi connectivity index (χ1v) is 6.94. The molecule has 0 amide bonds. The highest BCUT2D eigenvalue weighted by Gasteiger charge is 2.13. The van der Waals surface area contributed by atoms with Crippen LogP contribution in [0.15, 0.2) is 40.6 Å². The van der Waals surface area contributed by atoms with Gasteiger partial charge in [0.25, 0.3) is 0 Å². The van der Waals surface area contributed by atoms with Crippen molar-refractivity contribution in [3.63, 3.8) is 0 Å². The van der Waals surface area contributed by atoms with Gasteiger partial charge in [-0.05, 0) is 30.2 Å². The summed E-state index contributed by atoms with van der Waals surface area (Å²) in [4.78, 5) is 0. The molecular weight excluding hydrogens is 279 g/mol. The monoisotopic (exact) mass is 292 g/mol. The minimum absolute atomic E-state index is 0.557. The Labute approximate surface area is 123 Å². The highest BCUT2D eigenvalue weighted by Crippen LogP contribution is 2.20. The highest BCUT2D eigenvalue weighted by molar-refractivity contribution is 6.31. The summed E-state index contributed by atoms with van der Waals surface area (Å²) < 4.78 is 0. The zero-order chi connectivity index (χ0) is 13.7. The largest absolute Gasteiger partial charge is 0.178 e. The minimum atomic E-state index is 0.557. The fourth-order valence-corrected chi connectivity index (χ4v) is 1.91. The van der Waals surface area contributed by atoms with E-state index in [1.165, 1.54) is 5.01 Å². The molecule has 1 aliphatic heterocycles. The average Bonchev–Trinajstić information content (AvgIpc) is 2.42. The number of halogens is 2. The van der Waals surface area contributed by atoms with Gasteiger partial charge in [0.05, 0.1) is 5.71 Å². The highest BCUT2D eigenvalue weighted by atomic mass is 35.5. The van der Waals surface area contributed by atoms with Gasteiger partial charge in [-0.3, -0.25) is 0 Å². The Morgan fingerprint density at radius 2 is 2.00 bits per heavy atom. The van der Waals surface area contributed by atoms with Gasteiger partial charge in [-0.1, -0.05) is 48.2 Å². The van der Waals surface area contributed by atoms with Crippen LogP contribution in [0.4, 0.5) is 0 Å². The van der Waals surface area contributed by atoms with Crippen LogP contribution < -0.4 is 0 Å². The third kappa shape index (κ3) is 3.76. The number of unbranched alkanes of at least 4 members (excludes halogenated alkanes) is 1. The second-order valence-corrected chi connectivity index (χ2v) is 4.96. The molecule has 0 radical (unpaired) electrons. The summed E-state index contributed by atoms with van der Waals surface area (Å²) >= 11 is 12.0. The molecule has 1 aromatic rings.